The lowest BCUT2D eigenvalue weighted by molar-refractivity contribution is -0.142. The van der Waals surface area contributed by atoms with E-state index in [1.807, 2.05) is 30.3 Å². The van der Waals surface area contributed by atoms with Crippen LogP contribution in [0.1, 0.15) is 17.9 Å². The Morgan fingerprint density at radius 1 is 1.43 bits per heavy atom. The van der Waals surface area contributed by atoms with Crippen LogP contribution in [0.2, 0.25) is 0 Å². The summed E-state index contributed by atoms with van der Waals surface area (Å²) in [5.74, 6) is -0.451. The van der Waals surface area contributed by atoms with Crippen LogP contribution in [0.25, 0.3) is 0 Å². The number of benzene rings is 1. The maximum atomic E-state index is 11.4. The van der Waals surface area contributed by atoms with Crippen molar-refractivity contribution in [2.75, 3.05) is 13.7 Å². The fraction of sp³-hybridized carbons (Fsp3) is 0.364. The van der Waals surface area contributed by atoms with Crippen LogP contribution in [0.5, 0.6) is 0 Å². The van der Waals surface area contributed by atoms with E-state index in [1.54, 1.807) is 0 Å². The van der Waals surface area contributed by atoms with Gasteiger partial charge in [0.1, 0.15) is 0 Å². The fourth-order valence-corrected chi connectivity index (χ4v) is 1.41. The van der Waals surface area contributed by atoms with Crippen LogP contribution >= 0.6 is 0 Å². The summed E-state index contributed by atoms with van der Waals surface area (Å²) in [6.07, 6.45) is 0.622. The highest BCUT2D eigenvalue weighted by atomic mass is 16.5. The van der Waals surface area contributed by atoms with Crippen LogP contribution in [0.4, 0.5) is 0 Å². The van der Waals surface area contributed by atoms with Gasteiger partial charge < -0.3 is 10.5 Å². The number of methoxy groups -OCH3 is 1. The Morgan fingerprint density at radius 2 is 2.07 bits per heavy atom. The lowest BCUT2D eigenvalue weighted by Crippen LogP contribution is -2.17. The summed E-state index contributed by atoms with van der Waals surface area (Å²) >= 11 is 0. The molecule has 0 bridgehead atoms. The van der Waals surface area contributed by atoms with Crippen molar-refractivity contribution >= 4 is 5.97 Å². The van der Waals surface area contributed by atoms with Crippen molar-refractivity contribution in [3.05, 3.63) is 35.9 Å². The second-order valence-corrected chi connectivity index (χ2v) is 3.06. The maximum absolute atomic E-state index is 11.4. The molecule has 0 aliphatic carbocycles. The molecule has 1 unspecified atom stereocenters. The van der Waals surface area contributed by atoms with Crippen LogP contribution < -0.4 is 5.73 Å². The largest absolute Gasteiger partial charge is 0.469 e. The molecule has 1 aromatic rings. The van der Waals surface area contributed by atoms with Gasteiger partial charge in [0.05, 0.1) is 13.0 Å². The number of rotatable bonds is 4. The second kappa shape index (κ2) is 5.40. The monoisotopic (exact) mass is 193 g/mol. The minimum Gasteiger partial charge on any atom is -0.469 e. The van der Waals surface area contributed by atoms with Gasteiger partial charge in [0, 0.05) is 0 Å². The molecule has 0 aromatic heterocycles. The summed E-state index contributed by atoms with van der Waals surface area (Å²) in [6.45, 7) is 0.481. The van der Waals surface area contributed by atoms with Crippen molar-refractivity contribution in [1.29, 1.82) is 0 Å². The van der Waals surface area contributed by atoms with Crippen molar-refractivity contribution < 1.29 is 9.53 Å². The van der Waals surface area contributed by atoms with E-state index in [1.165, 1.54) is 7.11 Å². The van der Waals surface area contributed by atoms with E-state index in [9.17, 15) is 4.79 Å². The van der Waals surface area contributed by atoms with Gasteiger partial charge in [-0.15, -0.1) is 0 Å². The molecule has 3 nitrogen and oxygen atoms in total. The quantitative estimate of drug-likeness (QED) is 0.733. The zero-order valence-corrected chi connectivity index (χ0v) is 8.27. The molecule has 0 aliphatic heterocycles. The molecule has 3 heteroatoms. The van der Waals surface area contributed by atoms with E-state index < -0.39 is 0 Å². The first-order valence-corrected chi connectivity index (χ1v) is 4.62. The molecule has 0 saturated carbocycles. The molecule has 0 fully saturated rings. The molecule has 1 atom stereocenters. The molecular formula is C11H15NO2. The molecule has 0 amide bonds. The highest BCUT2D eigenvalue weighted by Crippen LogP contribution is 2.19. The summed E-state index contributed by atoms with van der Waals surface area (Å²) < 4.78 is 4.72. The van der Waals surface area contributed by atoms with Gasteiger partial charge in [0.25, 0.3) is 0 Å². The van der Waals surface area contributed by atoms with Gasteiger partial charge in [-0.25, -0.2) is 0 Å². The van der Waals surface area contributed by atoms with Crippen LogP contribution in [0.15, 0.2) is 30.3 Å². The number of hydrogen-bond acceptors (Lipinski definition) is 3. The number of carbonyl (C=O) groups excluding carboxylic acids is 1. The molecule has 0 aliphatic rings. The minimum absolute atomic E-state index is 0.221. The third kappa shape index (κ3) is 2.57. The van der Waals surface area contributed by atoms with Crippen molar-refractivity contribution in [2.45, 2.75) is 12.3 Å². The number of ether oxygens (including phenoxy) is 1. The molecular weight excluding hydrogens is 178 g/mol. The lowest BCUT2D eigenvalue weighted by Gasteiger charge is -2.13. The van der Waals surface area contributed by atoms with E-state index in [4.69, 9.17) is 10.5 Å². The van der Waals surface area contributed by atoms with Crippen LogP contribution in [-0.2, 0) is 9.53 Å². The summed E-state index contributed by atoms with van der Waals surface area (Å²) in [5.41, 5.74) is 6.41. The first-order valence-electron chi connectivity index (χ1n) is 4.62. The third-order valence-corrected chi connectivity index (χ3v) is 2.14. The Balaban J connectivity index is 2.83. The predicted octanol–water partition coefficient (Wildman–Crippen LogP) is 1.29. The van der Waals surface area contributed by atoms with Crippen molar-refractivity contribution in [3.63, 3.8) is 0 Å². The molecule has 0 saturated heterocycles. The molecule has 0 spiro atoms. The van der Waals surface area contributed by atoms with Crippen LogP contribution in [0.3, 0.4) is 0 Å². The van der Waals surface area contributed by atoms with Crippen LogP contribution in [-0.4, -0.2) is 19.6 Å². The minimum atomic E-state index is -0.230. The Labute approximate surface area is 83.9 Å². The SMILES string of the molecule is COC(=O)C(CCN)c1ccccc1. The molecule has 1 rings (SSSR count). The lowest BCUT2D eigenvalue weighted by atomic mass is 9.96. The molecule has 0 heterocycles. The summed E-state index contributed by atoms with van der Waals surface area (Å²) in [7, 11) is 1.40. The maximum Gasteiger partial charge on any atom is 0.313 e. The Kier molecular flexibility index (Phi) is 4.13. The predicted molar refractivity (Wildman–Crippen MR) is 54.9 cm³/mol. The first kappa shape index (κ1) is 10.7. The zero-order valence-electron chi connectivity index (χ0n) is 8.27. The Bertz CT molecular complexity index is 285. The Morgan fingerprint density at radius 3 is 2.57 bits per heavy atom. The third-order valence-electron chi connectivity index (χ3n) is 2.14. The number of carbonyl (C=O) groups is 1. The number of esters is 1. The van der Waals surface area contributed by atoms with E-state index in [-0.39, 0.29) is 11.9 Å². The van der Waals surface area contributed by atoms with E-state index in [2.05, 4.69) is 0 Å². The molecule has 76 valence electrons. The average Bonchev–Trinajstić information content (AvgIpc) is 2.26. The average molecular weight is 193 g/mol. The van der Waals surface area contributed by atoms with Crippen LogP contribution in [0, 0.1) is 0 Å². The molecule has 1 aromatic carbocycles. The standard InChI is InChI=1S/C11H15NO2/c1-14-11(13)10(7-8-12)9-5-3-2-4-6-9/h2-6,10H,7-8,12H2,1H3. The Hall–Kier alpha value is -1.35. The summed E-state index contributed by atoms with van der Waals surface area (Å²) in [5, 5.41) is 0. The highest BCUT2D eigenvalue weighted by molar-refractivity contribution is 5.77. The van der Waals surface area contributed by atoms with Gasteiger partial charge in [-0.2, -0.15) is 0 Å². The number of hydrogen-bond donors (Lipinski definition) is 1. The topological polar surface area (TPSA) is 52.3 Å². The van der Waals surface area contributed by atoms with E-state index in [0.717, 1.165) is 5.56 Å². The van der Waals surface area contributed by atoms with Gasteiger partial charge in [-0.1, -0.05) is 30.3 Å². The molecule has 14 heavy (non-hydrogen) atoms. The van der Waals surface area contributed by atoms with Gasteiger partial charge >= 0.3 is 5.97 Å². The zero-order chi connectivity index (χ0) is 10.4. The fourth-order valence-electron chi connectivity index (χ4n) is 1.41. The van der Waals surface area contributed by atoms with Gasteiger partial charge in [0.15, 0.2) is 0 Å². The second-order valence-electron chi connectivity index (χ2n) is 3.06. The summed E-state index contributed by atoms with van der Waals surface area (Å²) in [4.78, 5) is 11.4. The van der Waals surface area contributed by atoms with E-state index >= 15 is 0 Å². The normalized spacial score (nSPS) is 12.1. The summed E-state index contributed by atoms with van der Waals surface area (Å²) in [6, 6.07) is 9.55. The van der Waals surface area contributed by atoms with Gasteiger partial charge in [-0.3, -0.25) is 4.79 Å². The number of nitrogens with two attached hydrogens (primary N) is 1. The van der Waals surface area contributed by atoms with E-state index in [0.29, 0.717) is 13.0 Å². The van der Waals surface area contributed by atoms with Crippen molar-refractivity contribution in [2.24, 2.45) is 5.73 Å². The van der Waals surface area contributed by atoms with Crippen molar-refractivity contribution in [1.82, 2.24) is 0 Å². The van der Waals surface area contributed by atoms with Crippen molar-refractivity contribution in [3.8, 4) is 0 Å². The molecule has 0 radical (unpaired) electrons. The molecule has 2 N–H and O–H groups in total. The first-order chi connectivity index (χ1) is 6.79. The highest BCUT2D eigenvalue weighted by Gasteiger charge is 2.19. The smallest absolute Gasteiger partial charge is 0.313 e. The van der Waals surface area contributed by atoms with Gasteiger partial charge in [0.2, 0.25) is 0 Å². The van der Waals surface area contributed by atoms with Gasteiger partial charge in [-0.05, 0) is 18.5 Å².